The zero-order valence-corrected chi connectivity index (χ0v) is 11.7. The van der Waals surface area contributed by atoms with Crippen LogP contribution in [0.1, 0.15) is 31.4 Å². The molecule has 0 aliphatic heterocycles. The number of aliphatic hydroxyl groups excluding tert-OH is 1. The second-order valence-electron chi connectivity index (χ2n) is 4.81. The first-order valence-electron chi connectivity index (χ1n) is 6.09. The Morgan fingerprint density at radius 3 is 2.56 bits per heavy atom. The molecule has 1 aromatic rings. The van der Waals surface area contributed by atoms with Crippen LogP contribution in [-0.4, -0.2) is 20.1 Å². The van der Waals surface area contributed by atoms with Crippen molar-refractivity contribution in [3.05, 3.63) is 35.4 Å². The van der Waals surface area contributed by atoms with Crippen molar-refractivity contribution >= 4 is 10.0 Å². The van der Waals surface area contributed by atoms with Crippen molar-refractivity contribution in [1.29, 1.82) is 0 Å². The van der Waals surface area contributed by atoms with Crippen LogP contribution < -0.4 is 4.72 Å². The first-order chi connectivity index (χ1) is 8.43. The molecule has 0 saturated carbocycles. The van der Waals surface area contributed by atoms with E-state index >= 15 is 0 Å². The zero-order chi connectivity index (χ0) is 13.6. The van der Waals surface area contributed by atoms with Crippen LogP contribution in [0.15, 0.2) is 24.3 Å². The Morgan fingerprint density at radius 2 is 1.94 bits per heavy atom. The number of aliphatic hydroxyl groups is 1. The number of sulfonamides is 1. The average molecular weight is 271 g/mol. The van der Waals surface area contributed by atoms with Crippen LogP contribution >= 0.6 is 0 Å². The topological polar surface area (TPSA) is 66.4 Å². The highest BCUT2D eigenvalue weighted by molar-refractivity contribution is 7.88. The molecular formula is C13H21NO3S. The molecule has 0 saturated heterocycles. The molecular weight excluding hydrogens is 250 g/mol. The zero-order valence-electron chi connectivity index (χ0n) is 10.9. The smallest absolute Gasteiger partial charge is 0.215 e. The van der Waals surface area contributed by atoms with Gasteiger partial charge in [-0.05, 0) is 23.5 Å². The van der Waals surface area contributed by atoms with Crippen LogP contribution in [0.3, 0.4) is 0 Å². The molecule has 0 aliphatic rings. The molecule has 0 unspecified atom stereocenters. The van der Waals surface area contributed by atoms with E-state index in [9.17, 15) is 8.42 Å². The third-order valence-electron chi connectivity index (χ3n) is 2.57. The van der Waals surface area contributed by atoms with Gasteiger partial charge in [-0.2, -0.15) is 0 Å². The van der Waals surface area contributed by atoms with Crippen LogP contribution in [-0.2, 0) is 22.4 Å². The van der Waals surface area contributed by atoms with E-state index in [0.717, 1.165) is 12.0 Å². The van der Waals surface area contributed by atoms with Gasteiger partial charge in [0, 0.05) is 6.54 Å². The second kappa shape index (κ2) is 6.87. The lowest BCUT2D eigenvalue weighted by Gasteiger charge is -2.09. The monoisotopic (exact) mass is 271 g/mol. The van der Waals surface area contributed by atoms with Crippen LogP contribution in [0, 0.1) is 5.92 Å². The summed E-state index contributed by atoms with van der Waals surface area (Å²) in [5.74, 6) is 0.435. The Hall–Kier alpha value is -0.910. The summed E-state index contributed by atoms with van der Waals surface area (Å²) in [7, 11) is -3.29. The van der Waals surface area contributed by atoms with Crippen molar-refractivity contribution in [3.63, 3.8) is 0 Å². The summed E-state index contributed by atoms with van der Waals surface area (Å²) in [6, 6.07) is 6.98. The van der Waals surface area contributed by atoms with Crippen LogP contribution in [0.2, 0.25) is 0 Å². The largest absolute Gasteiger partial charge is 0.392 e. The maximum Gasteiger partial charge on any atom is 0.215 e. The predicted molar refractivity (Wildman–Crippen MR) is 72.4 cm³/mol. The minimum absolute atomic E-state index is 0.0427. The van der Waals surface area contributed by atoms with E-state index < -0.39 is 10.0 Å². The van der Waals surface area contributed by atoms with Crippen molar-refractivity contribution in [3.8, 4) is 0 Å². The lowest BCUT2D eigenvalue weighted by molar-refractivity contribution is 0.282. The molecule has 0 bridgehead atoms. The van der Waals surface area contributed by atoms with Gasteiger partial charge in [0.25, 0.3) is 0 Å². The molecule has 5 heteroatoms. The van der Waals surface area contributed by atoms with E-state index in [1.807, 2.05) is 0 Å². The van der Waals surface area contributed by atoms with Gasteiger partial charge in [-0.25, -0.2) is 13.1 Å². The normalized spacial score (nSPS) is 12.0. The Kier molecular flexibility index (Phi) is 5.78. The molecule has 1 rings (SSSR count). The fraction of sp³-hybridized carbons (Fsp3) is 0.538. The molecule has 4 nitrogen and oxygen atoms in total. The van der Waals surface area contributed by atoms with E-state index in [-0.39, 0.29) is 12.4 Å². The first kappa shape index (κ1) is 15.1. The maximum absolute atomic E-state index is 11.8. The Labute approximate surface area is 109 Å². The van der Waals surface area contributed by atoms with Gasteiger partial charge < -0.3 is 5.11 Å². The summed E-state index contributed by atoms with van der Waals surface area (Å²) in [4.78, 5) is 0. The predicted octanol–water partition coefficient (Wildman–Crippen LogP) is 1.64. The fourth-order valence-corrected chi connectivity index (χ4v) is 2.74. The molecule has 2 N–H and O–H groups in total. The van der Waals surface area contributed by atoms with Crippen LogP contribution in [0.25, 0.3) is 0 Å². The maximum atomic E-state index is 11.8. The number of hydrogen-bond donors (Lipinski definition) is 2. The van der Waals surface area contributed by atoms with Crippen LogP contribution in [0.4, 0.5) is 0 Å². The van der Waals surface area contributed by atoms with E-state index in [2.05, 4.69) is 18.6 Å². The molecule has 0 atom stereocenters. The Bertz CT molecular complexity index is 469. The van der Waals surface area contributed by atoms with Gasteiger partial charge in [0.2, 0.25) is 10.0 Å². The van der Waals surface area contributed by atoms with Gasteiger partial charge in [0.1, 0.15) is 0 Å². The Balaban J connectivity index is 2.59. The first-order valence-corrected chi connectivity index (χ1v) is 7.74. The minimum atomic E-state index is -3.29. The number of hydrogen-bond acceptors (Lipinski definition) is 3. The van der Waals surface area contributed by atoms with Crippen molar-refractivity contribution < 1.29 is 13.5 Å². The molecule has 0 spiro atoms. The number of rotatable bonds is 7. The summed E-state index contributed by atoms with van der Waals surface area (Å²) in [5, 5.41) is 9.00. The standard InChI is InChI=1S/C13H21NO3S/c1-11(2)6-7-14-18(16,17)10-13-5-3-4-12(8-13)9-15/h3-5,8,11,14-15H,6-7,9-10H2,1-2H3. The van der Waals surface area contributed by atoms with E-state index in [1.165, 1.54) is 0 Å². The van der Waals surface area contributed by atoms with Crippen molar-refractivity contribution in [1.82, 2.24) is 4.72 Å². The SMILES string of the molecule is CC(C)CCNS(=O)(=O)Cc1cccc(CO)c1. The highest BCUT2D eigenvalue weighted by atomic mass is 32.2. The van der Waals surface area contributed by atoms with Gasteiger partial charge in [0.05, 0.1) is 12.4 Å². The third kappa shape index (κ3) is 5.62. The lowest BCUT2D eigenvalue weighted by atomic mass is 10.1. The number of benzene rings is 1. The molecule has 0 amide bonds. The van der Waals surface area contributed by atoms with E-state index in [0.29, 0.717) is 18.0 Å². The molecule has 102 valence electrons. The van der Waals surface area contributed by atoms with E-state index in [1.54, 1.807) is 24.3 Å². The fourth-order valence-electron chi connectivity index (χ4n) is 1.59. The van der Waals surface area contributed by atoms with Crippen LogP contribution in [0.5, 0.6) is 0 Å². The molecule has 0 heterocycles. The van der Waals surface area contributed by atoms with Crippen molar-refractivity contribution in [2.45, 2.75) is 32.6 Å². The van der Waals surface area contributed by atoms with Gasteiger partial charge in [-0.15, -0.1) is 0 Å². The van der Waals surface area contributed by atoms with Crippen molar-refractivity contribution in [2.75, 3.05) is 6.54 Å². The molecule has 0 aliphatic carbocycles. The molecule has 0 fully saturated rings. The van der Waals surface area contributed by atoms with E-state index in [4.69, 9.17) is 5.11 Å². The lowest BCUT2D eigenvalue weighted by Crippen LogP contribution is -2.26. The summed E-state index contributed by atoms with van der Waals surface area (Å²) < 4.78 is 26.2. The number of nitrogens with one attached hydrogen (secondary N) is 1. The summed E-state index contributed by atoms with van der Waals surface area (Å²) in [6.07, 6.45) is 0.829. The summed E-state index contributed by atoms with van der Waals surface area (Å²) in [6.45, 7) is 4.51. The van der Waals surface area contributed by atoms with Crippen molar-refractivity contribution in [2.24, 2.45) is 5.92 Å². The van der Waals surface area contributed by atoms with Gasteiger partial charge in [-0.3, -0.25) is 0 Å². The minimum Gasteiger partial charge on any atom is -0.392 e. The summed E-state index contributed by atoms with van der Waals surface area (Å²) >= 11 is 0. The highest BCUT2D eigenvalue weighted by Gasteiger charge is 2.11. The van der Waals surface area contributed by atoms with Gasteiger partial charge in [0.15, 0.2) is 0 Å². The highest BCUT2D eigenvalue weighted by Crippen LogP contribution is 2.09. The quantitative estimate of drug-likeness (QED) is 0.792. The Morgan fingerprint density at radius 1 is 1.28 bits per heavy atom. The molecule has 0 radical (unpaired) electrons. The molecule has 18 heavy (non-hydrogen) atoms. The third-order valence-corrected chi connectivity index (χ3v) is 3.93. The second-order valence-corrected chi connectivity index (χ2v) is 6.62. The van der Waals surface area contributed by atoms with Gasteiger partial charge in [-0.1, -0.05) is 38.1 Å². The molecule has 0 aromatic heterocycles. The average Bonchev–Trinajstić information content (AvgIpc) is 2.27. The molecule has 1 aromatic carbocycles. The summed E-state index contributed by atoms with van der Waals surface area (Å²) in [5.41, 5.74) is 1.42. The van der Waals surface area contributed by atoms with Gasteiger partial charge >= 0.3 is 0 Å².